The minimum atomic E-state index is -3.92. The molecule has 8 heteroatoms. The van der Waals surface area contributed by atoms with Crippen LogP contribution in [0.3, 0.4) is 0 Å². The van der Waals surface area contributed by atoms with Gasteiger partial charge in [0.05, 0.1) is 15.9 Å². The number of anilines is 1. The fourth-order valence-electron chi connectivity index (χ4n) is 4.06. The van der Waals surface area contributed by atoms with Crippen LogP contribution in [0.25, 0.3) is 0 Å². The number of nitrogens with one attached hydrogen (secondary N) is 1. The normalized spacial score (nSPS) is 18.3. The maximum absolute atomic E-state index is 13.1. The number of fused-ring (bicyclic) bond motifs is 2. The van der Waals surface area contributed by atoms with Crippen LogP contribution in [0.1, 0.15) is 39.1 Å². The molecule has 3 aromatic carbocycles. The number of ether oxygens (including phenoxy) is 2. The molecule has 1 fully saturated rings. The van der Waals surface area contributed by atoms with Crippen molar-refractivity contribution in [2.45, 2.75) is 28.7 Å². The molecule has 168 valence electrons. The van der Waals surface area contributed by atoms with Crippen LogP contribution in [0.4, 0.5) is 5.69 Å². The quantitative estimate of drug-likeness (QED) is 0.482. The molecule has 0 aromatic heterocycles. The second kappa shape index (κ2) is 8.46. The summed E-state index contributed by atoms with van der Waals surface area (Å²) in [6, 6.07) is 17.1. The topological polar surface area (TPSA) is 98.8 Å². The van der Waals surface area contributed by atoms with Gasteiger partial charge in [0.15, 0.2) is 5.78 Å². The SMILES string of the molecule is O=C(Nc1cccc(OCC2CCCO2)c1)c1ccc2c(c1)S(=O)(=O)c1ccccc1C2=O. The van der Waals surface area contributed by atoms with E-state index < -0.39 is 15.7 Å². The van der Waals surface area contributed by atoms with E-state index >= 15 is 0 Å². The van der Waals surface area contributed by atoms with Gasteiger partial charge in [-0.2, -0.15) is 0 Å². The molecule has 0 saturated carbocycles. The fourth-order valence-corrected chi connectivity index (χ4v) is 5.73. The summed E-state index contributed by atoms with van der Waals surface area (Å²) in [4.78, 5) is 25.4. The van der Waals surface area contributed by atoms with E-state index in [1.54, 1.807) is 36.4 Å². The van der Waals surface area contributed by atoms with E-state index in [-0.39, 0.29) is 38.4 Å². The minimum Gasteiger partial charge on any atom is -0.491 e. The van der Waals surface area contributed by atoms with Crippen LogP contribution in [-0.2, 0) is 14.6 Å². The lowest BCUT2D eigenvalue weighted by Crippen LogP contribution is -2.21. The molecule has 2 aliphatic rings. The maximum atomic E-state index is 13.1. The van der Waals surface area contributed by atoms with Gasteiger partial charge in [-0.25, -0.2) is 8.42 Å². The molecule has 1 N–H and O–H groups in total. The Morgan fingerprint density at radius 2 is 1.82 bits per heavy atom. The Kier molecular flexibility index (Phi) is 5.47. The van der Waals surface area contributed by atoms with Gasteiger partial charge in [0.25, 0.3) is 5.91 Å². The van der Waals surface area contributed by atoms with Gasteiger partial charge in [0.2, 0.25) is 9.84 Å². The second-order valence-corrected chi connectivity index (χ2v) is 9.85. The third-order valence-electron chi connectivity index (χ3n) is 5.75. The smallest absolute Gasteiger partial charge is 0.255 e. The fraction of sp³-hybridized carbons (Fsp3) is 0.200. The number of hydrogen-bond donors (Lipinski definition) is 1. The van der Waals surface area contributed by atoms with Gasteiger partial charge in [-0.15, -0.1) is 0 Å². The Morgan fingerprint density at radius 3 is 2.64 bits per heavy atom. The minimum absolute atomic E-state index is 0.0452. The molecule has 1 saturated heterocycles. The molecule has 0 bridgehead atoms. The van der Waals surface area contributed by atoms with Crippen molar-refractivity contribution in [3.63, 3.8) is 0 Å². The average molecular weight is 464 g/mol. The molecular weight excluding hydrogens is 442 g/mol. The Morgan fingerprint density at radius 1 is 1.00 bits per heavy atom. The zero-order valence-corrected chi connectivity index (χ0v) is 18.4. The lowest BCUT2D eigenvalue weighted by atomic mass is 10.0. The molecule has 1 unspecified atom stereocenters. The van der Waals surface area contributed by atoms with E-state index in [2.05, 4.69) is 5.32 Å². The molecule has 1 atom stereocenters. The van der Waals surface area contributed by atoms with Crippen LogP contribution in [-0.4, -0.2) is 39.4 Å². The van der Waals surface area contributed by atoms with E-state index in [0.29, 0.717) is 18.0 Å². The number of carbonyl (C=O) groups is 2. The monoisotopic (exact) mass is 463 g/mol. The second-order valence-electron chi connectivity index (χ2n) is 7.97. The van der Waals surface area contributed by atoms with Crippen molar-refractivity contribution in [3.8, 4) is 5.75 Å². The summed E-state index contributed by atoms with van der Waals surface area (Å²) >= 11 is 0. The van der Waals surface area contributed by atoms with Crippen molar-refractivity contribution < 1.29 is 27.5 Å². The maximum Gasteiger partial charge on any atom is 0.255 e. The van der Waals surface area contributed by atoms with Crippen molar-refractivity contribution in [2.24, 2.45) is 0 Å². The molecule has 0 spiro atoms. The van der Waals surface area contributed by atoms with Gasteiger partial charge in [-0.3, -0.25) is 9.59 Å². The van der Waals surface area contributed by atoms with E-state index in [4.69, 9.17) is 9.47 Å². The van der Waals surface area contributed by atoms with Crippen LogP contribution < -0.4 is 10.1 Å². The summed E-state index contributed by atoms with van der Waals surface area (Å²) in [5.41, 5.74) is 0.846. The van der Waals surface area contributed by atoms with E-state index in [1.807, 2.05) is 0 Å². The number of sulfone groups is 1. The van der Waals surface area contributed by atoms with Gasteiger partial charge < -0.3 is 14.8 Å². The van der Waals surface area contributed by atoms with Gasteiger partial charge in [-0.1, -0.05) is 18.2 Å². The third kappa shape index (κ3) is 4.03. The molecule has 0 aliphatic carbocycles. The summed E-state index contributed by atoms with van der Waals surface area (Å²) in [6.45, 7) is 1.19. The highest BCUT2D eigenvalue weighted by atomic mass is 32.2. The van der Waals surface area contributed by atoms with Crippen molar-refractivity contribution in [3.05, 3.63) is 83.4 Å². The van der Waals surface area contributed by atoms with Crippen LogP contribution in [0, 0.1) is 0 Å². The Labute approximate surface area is 191 Å². The number of amides is 1. The van der Waals surface area contributed by atoms with Crippen LogP contribution >= 0.6 is 0 Å². The van der Waals surface area contributed by atoms with Crippen molar-refractivity contribution in [1.29, 1.82) is 0 Å². The molecule has 5 rings (SSSR count). The average Bonchev–Trinajstić information content (AvgIpc) is 3.35. The van der Waals surface area contributed by atoms with Crippen LogP contribution in [0.5, 0.6) is 5.75 Å². The van der Waals surface area contributed by atoms with Crippen molar-refractivity contribution in [2.75, 3.05) is 18.5 Å². The summed E-state index contributed by atoms with van der Waals surface area (Å²) in [5.74, 6) is -0.271. The van der Waals surface area contributed by atoms with E-state index in [9.17, 15) is 18.0 Å². The Balaban J connectivity index is 1.37. The van der Waals surface area contributed by atoms with Gasteiger partial charge in [-0.05, 0) is 55.3 Å². The first-order chi connectivity index (χ1) is 15.9. The molecule has 2 heterocycles. The Bertz CT molecular complexity index is 1360. The van der Waals surface area contributed by atoms with E-state index in [1.165, 1.54) is 30.3 Å². The van der Waals surface area contributed by atoms with Crippen LogP contribution in [0.2, 0.25) is 0 Å². The predicted molar refractivity (Wildman–Crippen MR) is 121 cm³/mol. The van der Waals surface area contributed by atoms with Crippen molar-refractivity contribution in [1.82, 2.24) is 0 Å². The molecule has 2 aliphatic heterocycles. The number of benzene rings is 3. The predicted octanol–water partition coefficient (Wildman–Crippen LogP) is 3.87. The standard InChI is InChI=1S/C25H21NO6S/c27-24-20-8-1-2-9-22(20)33(29,30)23-13-16(10-11-21(23)24)25(28)26-17-5-3-6-18(14-17)32-15-19-7-4-12-31-19/h1-3,5-6,8-11,13-14,19H,4,7,12,15H2,(H,26,28). The zero-order chi connectivity index (χ0) is 23.0. The first-order valence-corrected chi connectivity index (χ1v) is 12.1. The Hall–Kier alpha value is -3.49. The highest BCUT2D eigenvalue weighted by molar-refractivity contribution is 7.91. The summed E-state index contributed by atoms with van der Waals surface area (Å²) in [7, 11) is -3.92. The summed E-state index contributed by atoms with van der Waals surface area (Å²) in [6.07, 6.45) is 2.07. The molecule has 0 radical (unpaired) electrons. The van der Waals surface area contributed by atoms with E-state index in [0.717, 1.165) is 19.4 Å². The molecule has 3 aromatic rings. The van der Waals surface area contributed by atoms with Gasteiger partial charge >= 0.3 is 0 Å². The number of rotatable bonds is 5. The summed E-state index contributed by atoms with van der Waals surface area (Å²) in [5, 5.41) is 2.76. The molecular formula is C25H21NO6S. The third-order valence-corrected chi connectivity index (χ3v) is 7.60. The van der Waals surface area contributed by atoms with Gasteiger partial charge in [0.1, 0.15) is 12.4 Å². The molecule has 33 heavy (non-hydrogen) atoms. The van der Waals surface area contributed by atoms with Gasteiger partial charge in [0, 0.05) is 35.1 Å². The number of ketones is 1. The number of hydrogen-bond acceptors (Lipinski definition) is 6. The highest BCUT2D eigenvalue weighted by Gasteiger charge is 2.35. The molecule has 1 amide bonds. The zero-order valence-electron chi connectivity index (χ0n) is 17.6. The lowest BCUT2D eigenvalue weighted by Gasteiger charge is -2.19. The lowest BCUT2D eigenvalue weighted by molar-refractivity contribution is 0.0680. The van der Waals surface area contributed by atoms with Crippen LogP contribution in [0.15, 0.2) is 76.5 Å². The van der Waals surface area contributed by atoms with Crippen molar-refractivity contribution >= 4 is 27.2 Å². The molecule has 7 nitrogen and oxygen atoms in total. The highest BCUT2D eigenvalue weighted by Crippen LogP contribution is 2.35. The largest absolute Gasteiger partial charge is 0.491 e. The summed E-state index contributed by atoms with van der Waals surface area (Å²) < 4.78 is 37.5. The first-order valence-electron chi connectivity index (χ1n) is 10.6. The number of carbonyl (C=O) groups excluding carboxylic acids is 2. The first kappa shape index (κ1) is 21.4.